The molecule has 0 spiro atoms. The van der Waals surface area contributed by atoms with Gasteiger partial charge in [-0.3, -0.25) is 4.98 Å². The van der Waals surface area contributed by atoms with Crippen molar-refractivity contribution in [2.24, 2.45) is 0 Å². The van der Waals surface area contributed by atoms with Crippen molar-refractivity contribution in [2.75, 3.05) is 16.0 Å². The van der Waals surface area contributed by atoms with E-state index in [1.807, 2.05) is 48.5 Å². The molecule has 144 valence electrons. The minimum absolute atomic E-state index is 0.329. The van der Waals surface area contributed by atoms with Crippen LogP contribution in [0.2, 0.25) is 10.0 Å². The van der Waals surface area contributed by atoms with E-state index in [1.54, 1.807) is 30.5 Å². The molecule has 5 nitrogen and oxygen atoms in total. The van der Waals surface area contributed by atoms with Crippen LogP contribution in [0.4, 0.5) is 27.5 Å². The zero-order valence-electron chi connectivity index (χ0n) is 15.1. The smallest absolute Gasteiger partial charge is 0.323 e. The molecule has 3 aromatic carbocycles. The summed E-state index contributed by atoms with van der Waals surface area (Å²) in [6.45, 7) is 0. The Morgan fingerprint density at radius 2 is 1.31 bits per heavy atom. The van der Waals surface area contributed by atoms with Crippen LogP contribution in [0.1, 0.15) is 0 Å². The first-order chi connectivity index (χ1) is 14.1. The number of benzene rings is 3. The second-order valence-corrected chi connectivity index (χ2v) is 7.18. The van der Waals surface area contributed by atoms with E-state index in [4.69, 9.17) is 23.2 Å². The van der Waals surface area contributed by atoms with E-state index in [1.165, 1.54) is 0 Å². The molecule has 0 bridgehead atoms. The quantitative estimate of drug-likeness (QED) is 0.334. The van der Waals surface area contributed by atoms with Gasteiger partial charge in [0.05, 0.1) is 5.52 Å². The Bertz CT molecular complexity index is 1160. The van der Waals surface area contributed by atoms with Crippen LogP contribution in [0.25, 0.3) is 10.9 Å². The Hall–Kier alpha value is -3.28. The number of nitrogens with zero attached hydrogens (tertiary/aromatic N) is 1. The molecule has 7 heteroatoms. The first-order valence-electron chi connectivity index (χ1n) is 8.82. The molecule has 1 heterocycles. The average molecular weight is 423 g/mol. The SMILES string of the molecule is O=C(Nc1ccc(Cl)cc1)Nc1ccc(Nc2ccnc3cc(Cl)ccc23)cc1. The standard InChI is InChI=1S/C22H16Cl2N4O/c23-14-1-4-17(5-2-14)27-22(29)28-18-8-6-16(7-9-18)26-20-11-12-25-21-13-15(24)3-10-19(20)21/h1-13H,(H,25,26)(H2,27,28,29). The molecule has 1 aromatic heterocycles. The Morgan fingerprint density at radius 3 is 2.00 bits per heavy atom. The summed E-state index contributed by atoms with van der Waals surface area (Å²) in [5, 5.41) is 11.2. The van der Waals surface area contributed by atoms with Crippen molar-refractivity contribution in [2.45, 2.75) is 0 Å². The summed E-state index contributed by atoms with van der Waals surface area (Å²) in [7, 11) is 0. The molecule has 29 heavy (non-hydrogen) atoms. The molecule has 2 amide bonds. The van der Waals surface area contributed by atoms with Gasteiger partial charge >= 0.3 is 6.03 Å². The van der Waals surface area contributed by atoms with Gasteiger partial charge < -0.3 is 16.0 Å². The average Bonchev–Trinajstić information content (AvgIpc) is 2.71. The highest BCUT2D eigenvalue weighted by atomic mass is 35.5. The first-order valence-corrected chi connectivity index (χ1v) is 9.57. The minimum Gasteiger partial charge on any atom is -0.355 e. The highest BCUT2D eigenvalue weighted by molar-refractivity contribution is 6.31. The van der Waals surface area contributed by atoms with Crippen molar-refractivity contribution in [1.82, 2.24) is 4.98 Å². The molecule has 3 N–H and O–H groups in total. The fraction of sp³-hybridized carbons (Fsp3) is 0. The number of anilines is 4. The molecule has 0 saturated carbocycles. The maximum atomic E-state index is 12.1. The Balaban J connectivity index is 1.43. The number of nitrogens with one attached hydrogen (secondary N) is 3. The van der Waals surface area contributed by atoms with E-state index in [9.17, 15) is 4.79 Å². The second-order valence-electron chi connectivity index (χ2n) is 6.31. The molecular formula is C22H16Cl2N4O. The number of aromatic nitrogens is 1. The van der Waals surface area contributed by atoms with Gasteiger partial charge in [0, 0.05) is 44.4 Å². The van der Waals surface area contributed by atoms with Gasteiger partial charge in [-0.2, -0.15) is 0 Å². The van der Waals surface area contributed by atoms with Crippen LogP contribution in [0, 0.1) is 0 Å². The lowest BCUT2D eigenvalue weighted by molar-refractivity contribution is 0.262. The molecule has 4 rings (SSSR count). The molecule has 0 unspecified atom stereocenters. The summed E-state index contributed by atoms with van der Waals surface area (Å²) in [6, 6.07) is 21.5. The van der Waals surface area contributed by atoms with Crippen molar-refractivity contribution >= 4 is 62.9 Å². The van der Waals surface area contributed by atoms with Crippen LogP contribution in [0.15, 0.2) is 79.0 Å². The maximum absolute atomic E-state index is 12.1. The first kappa shape index (κ1) is 19.1. The predicted octanol–water partition coefficient (Wildman–Crippen LogP) is 6.93. The van der Waals surface area contributed by atoms with E-state index in [0.717, 1.165) is 22.3 Å². The van der Waals surface area contributed by atoms with Gasteiger partial charge in [-0.25, -0.2) is 4.79 Å². The van der Waals surface area contributed by atoms with Gasteiger partial charge in [0.25, 0.3) is 0 Å². The monoisotopic (exact) mass is 422 g/mol. The number of halogens is 2. The lowest BCUT2D eigenvalue weighted by Gasteiger charge is -2.11. The maximum Gasteiger partial charge on any atom is 0.323 e. The third-order valence-corrected chi connectivity index (χ3v) is 4.72. The van der Waals surface area contributed by atoms with Crippen molar-refractivity contribution in [1.29, 1.82) is 0 Å². The fourth-order valence-corrected chi connectivity index (χ4v) is 3.14. The lowest BCUT2D eigenvalue weighted by Crippen LogP contribution is -2.19. The normalized spacial score (nSPS) is 10.6. The van der Waals surface area contributed by atoms with E-state index >= 15 is 0 Å². The Labute approximate surface area is 177 Å². The van der Waals surface area contributed by atoms with Crippen LogP contribution >= 0.6 is 23.2 Å². The number of rotatable bonds is 4. The molecule has 0 fully saturated rings. The van der Waals surface area contributed by atoms with Crippen LogP contribution in [-0.2, 0) is 0 Å². The summed E-state index contributed by atoms with van der Waals surface area (Å²) < 4.78 is 0. The third kappa shape index (κ3) is 4.77. The highest BCUT2D eigenvalue weighted by Gasteiger charge is 2.05. The summed E-state index contributed by atoms with van der Waals surface area (Å²) >= 11 is 11.9. The fourth-order valence-electron chi connectivity index (χ4n) is 2.85. The molecule has 0 radical (unpaired) electrons. The van der Waals surface area contributed by atoms with E-state index in [2.05, 4.69) is 20.9 Å². The van der Waals surface area contributed by atoms with Gasteiger partial charge in [-0.05, 0) is 72.8 Å². The van der Waals surface area contributed by atoms with Crippen molar-refractivity contribution < 1.29 is 4.79 Å². The van der Waals surface area contributed by atoms with Gasteiger partial charge in [0.15, 0.2) is 0 Å². The van der Waals surface area contributed by atoms with Crippen LogP contribution in [-0.4, -0.2) is 11.0 Å². The summed E-state index contributed by atoms with van der Waals surface area (Å²) in [5.74, 6) is 0. The van der Waals surface area contributed by atoms with Gasteiger partial charge in [0.1, 0.15) is 0 Å². The Morgan fingerprint density at radius 1 is 0.724 bits per heavy atom. The molecule has 0 atom stereocenters. The molecule has 0 aliphatic heterocycles. The molecule has 4 aromatic rings. The number of carbonyl (C=O) groups excluding carboxylic acids is 1. The van der Waals surface area contributed by atoms with Crippen molar-refractivity contribution in [3.8, 4) is 0 Å². The largest absolute Gasteiger partial charge is 0.355 e. The van der Waals surface area contributed by atoms with Crippen molar-refractivity contribution in [3.05, 3.63) is 89.0 Å². The summed E-state index contributed by atoms with van der Waals surface area (Å²) in [6.07, 6.45) is 1.73. The van der Waals surface area contributed by atoms with Gasteiger partial charge in [-0.15, -0.1) is 0 Å². The Kier molecular flexibility index (Phi) is 5.51. The number of amides is 2. The number of fused-ring (bicyclic) bond motifs is 1. The molecule has 0 aliphatic rings. The minimum atomic E-state index is -0.329. The van der Waals surface area contributed by atoms with E-state index in [-0.39, 0.29) is 6.03 Å². The number of hydrogen-bond donors (Lipinski definition) is 3. The van der Waals surface area contributed by atoms with Crippen LogP contribution < -0.4 is 16.0 Å². The van der Waals surface area contributed by atoms with Gasteiger partial charge in [0.2, 0.25) is 0 Å². The number of pyridine rings is 1. The predicted molar refractivity (Wildman–Crippen MR) is 121 cm³/mol. The van der Waals surface area contributed by atoms with Gasteiger partial charge in [-0.1, -0.05) is 23.2 Å². The van der Waals surface area contributed by atoms with E-state index < -0.39 is 0 Å². The highest BCUT2D eigenvalue weighted by Crippen LogP contribution is 2.27. The lowest BCUT2D eigenvalue weighted by atomic mass is 10.2. The second kappa shape index (κ2) is 8.39. The zero-order chi connectivity index (χ0) is 20.2. The molecule has 0 saturated heterocycles. The molecular weight excluding hydrogens is 407 g/mol. The van der Waals surface area contributed by atoms with E-state index in [0.29, 0.717) is 21.4 Å². The topological polar surface area (TPSA) is 66.1 Å². The summed E-state index contributed by atoms with van der Waals surface area (Å²) in [5.41, 5.74) is 3.96. The van der Waals surface area contributed by atoms with Crippen molar-refractivity contribution in [3.63, 3.8) is 0 Å². The van der Waals surface area contributed by atoms with Crippen LogP contribution in [0.5, 0.6) is 0 Å². The molecule has 0 aliphatic carbocycles. The summed E-state index contributed by atoms with van der Waals surface area (Å²) in [4.78, 5) is 16.5. The third-order valence-electron chi connectivity index (χ3n) is 4.23. The van der Waals surface area contributed by atoms with Crippen LogP contribution in [0.3, 0.4) is 0 Å². The number of hydrogen-bond acceptors (Lipinski definition) is 3. The number of urea groups is 1. The number of carbonyl (C=O) groups is 1. The zero-order valence-corrected chi connectivity index (χ0v) is 16.6.